The maximum absolute atomic E-state index is 13.2. The van der Waals surface area contributed by atoms with Crippen LogP contribution in [0.5, 0.6) is 0 Å². The molecule has 0 atom stereocenters. The van der Waals surface area contributed by atoms with Crippen LogP contribution in [0, 0.1) is 24.0 Å². The van der Waals surface area contributed by atoms with E-state index in [-0.39, 0.29) is 11.6 Å². The molecule has 2 heterocycles. The normalized spacial score (nSPS) is 16.1. The lowest BCUT2D eigenvalue weighted by Gasteiger charge is -2.14. The number of carbonyl (C=O) groups is 1. The molecule has 7 nitrogen and oxygen atoms in total. The first kappa shape index (κ1) is 23.5. The minimum atomic E-state index is -0.404. The van der Waals surface area contributed by atoms with Gasteiger partial charge in [-0.25, -0.2) is 4.99 Å². The molecule has 0 unspecified atom stereocenters. The smallest absolute Gasteiger partial charge is 0.273 e. The lowest BCUT2D eigenvalue weighted by molar-refractivity contribution is -0.385. The van der Waals surface area contributed by atoms with E-state index in [1.807, 2.05) is 31.2 Å². The number of unbranched alkanes of at least 4 members (excludes halogenated alkanes) is 1. The van der Waals surface area contributed by atoms with E-state index in [1.165, 1.54) is 17.8 Å². The Morgan fingerprint density at radius 3 is 2.59 bits per heavy atom. The first-order chi connectivity index (χ1) is 16.4. The molecule has 1 aromatic heterocycles. The SMILES string of the molecule is CCCCN1C(=O)/C(=C\c2ccc(-c3cccc([N+](=O)[O-])c3C)o2)SC1=Nc1ccc(C)cc1. The van der Waals surface area contributed by atoms with Crippen molar-refractivity contribution in [3.05, 3.63) is 86.5 Å². The quantitative estimate of drug-likeness (QED) is 0.211. The van der Waals surface area contributed by atoms with Gasteiger partial charge in [0.2, 0.25) is 0 Å². The highest BCUT2D eigenvalue weighted by atomic mass is 32.2. The Hall–Kier alpha value is -3.65. The van der Waals surface area contributed by atoms with E-state index in [0.717, 1.165) is 24.1 Å². The van der Waals surface area contributed by atoms with Crippen molar-refractivity contribution in [2.75, 3.05) is 6.54 Å². The molecule has 1 aliphatic rings. The van der Waals surface area contributed by atoms with E-state index in [0.29, 0.717) is 39.3 Å². The third-order valence-electron chi connectivity index (χ3n) is 5.55. The van der Waals surface area contributed by atoms with E-state index in [4.69, 9.17) is 9.41 Å². The molecule has 174 valence electrons. The number of hydrogen-bond donors (Lipinski definition) is 0. The average molecular weight is 476 g/mol. The second kappa shape index (κ2) is 10.1. The van der Waals surface area contributed by atoms with Crippen LogP contribution in [-0.2, 0) is 4.79 Å². The fourth-order valence-electron chi connectivity index (χ4n) is 3.63. The van der Waals surface area contributed by atoms with Gasteiger partial charge in [0.1, 0.15) is 11.5 Å². The van der Waals surface area contributed by atoms with Gasteiger partial charge in [0.25, 0.3) is 11.6 Å². The lowest BCUT2D eigenvalue weighted by atomic mass is 10.1. The number of nitro benzene ring substituents is 1. The van der Waals surface area contributed by atoms with Crippen molar-refractivity contribution in [2.45, 2.75) is 33.6 Å². The van der Waals surface area contributed by atoms with Gasteiger partial charge in [-0.3, -0.25) is 19.8 Å². The summed E-state index contributed by atoms with van der Waals surface area (Å²) >= 11 is 1.32. The number of amidine groups is 1. The zero-order valence-corrected chi connectivity index (χ0v) is 20.1. The molecule has 34 heavy (non-hydrogen) atoms. The first-order valence-corrected chi connectivity index (χ1v) is 11.9. The van der Waals surface area contributed by atoms with E-state index in [2.05, 4.69) is 6.92 Å². The van der Waals surface area contributed by atoms with Crippen molar-refractivity contribution < 1.29 is 14.1 Å². The molecular weight excluding hydrogens is 450 g/mol. The predicted octanol–water partition coefficient (Wildman–Crippen LogP) is 6.88. The third kappa shape index (κ3) is 4.97. The summed E-state index contributed by atoms with van der Waals surface area (Å²) in [5, 5.41) is 11.9. The molecular formula is C26H25N3O4S. The predicted molar refractivity (Wildman–Crippen MR) is 136 cm³/mol. The highest BCUT2D eigenvalue weighted by Gasteiger charge is 2.33. The van der Waals surface area contributed by atoms with Gasteiger partial charge in [0, 0.05) is 29.8 Å². The van der Waals surface area contributed by atoms with Crippen molar-refractivity contribution in [1.82, 2.24) is 4.90 Å². The Balaban J connectivity index is 1.64. The minimum Gasteiger partial charge on any atom is -0.457 e. The van der Waals surface area contributed by atoms with E-state index in [9.17, 15) is 14.9 Å². The van der Waals surface area contributed by atoms with Crippen LogP contribution in [0.1, 0.15) is 36.7 Å². The number of amides is 1. The van der Waals surface area contributed by atoms with Gasteiger partial charge >= 0.3 is 0 Å². The number of furan rings is 1. The summed E-state index contributed by atoms with van der Waals surface area (Å²) in [7, 11) is 0. The maximum Gasteiger partial charge on any atom is 0.273 e. The molecule has 2 aromatic carbocycles. The molecule has 3 aromatic rings. The lowest BCUT2D eigenvalue weighted by Crippen LogP contribution is -2.30. The highest BCUT2D eigenvalue weighted by Crippen LogP contribution is 2.36. The summed E-state index contributed by atoms with van der Waals surface area (Å²) in [6.45, 7) is 6.40. The Morgan fingerprint density at radius 2 is 1.88 bits per heavy atom. The van der Waals surface area contributed by atoms with Crippen molar-refractivity contribution in [1.29, 1.82) is 0 Å². The Morgan fingerprint density at radius 1 is 1.12 bits per heavy atom. The van der Waals surface area contributed by atoms with Crippen LogP contribution < -0.4 is 0 Å². The van der Waals surface area contributed by atoms with Gasteiger partial charge in [-0.2, -0.15) is 0 Å². The summed E-state index contributed by atoms with van der Waals surface area (Å²) in [6.07, 6.45) is 3.55. The van der Waals surface area contributed by atoms with Gasteiger partial charge in [-0.15, -0.1) is 0 Å². The van der Waals surface area contributed by atoms with Crippen LogP contribution in [0.3, 0.4) is 0 Å². The molecule has 1 saturated heterocycles. The summed E-state index contributed by atoms with van der Waals surface area (Å²) in [6, 6.07) is 16.3. The summed E-state index contributed by atoms with van der Waals surface area (Å²) in [4.78, 5) is 31.0. The van der Waals surface area contributed by atoms with Gasteiger partial charge < -0.3 is 4.42 Å². The van der Waals surface area contributed by atoms with Crippen LogP contribution >= 0.6 is 11.8 Å². The number of aryl methyl sites for hydroxylation is 1. The number of aliphatic imine (C=N–C) groups is 1. The number of benzene rings is 2. The number of nitro groups is 1. The number of nitrogens with zero attached hydrogens (tertiary/aromatic N) is 3. The summed E-state index contributed by atoms with van der Waals surface area (Å²) in [5.41, 5.74) is 3.17. The fourth-order valence-corrected chi connectivity index (χ4v) is 4.63. The maximum atomic E-state index is 13.2. The second-order valence-corrected chi connectivity index (χ2v) is 9.07. The highest BCUT2D eigenvalue weighted by molar-refractivity contribution is 8.18. The second-order valence-electron chi connectivity index (χ2n) is 8.06. The largest absolute Gasteiger partial charge is 0.457 e. The van der Waals surface area contributed by atoms with Crippen molar-refractivity contribution in [3.8, 4) is 11.3 Å². The molecule has 0 spiro atoms. The minimum absolute atomic E-state index is 0.0406. The molecule has 0 aliphatic carbocycles. The van der Waals surface area contributed by atoms with Gasteiger partial charge in [-0.1, -0.05) is 43.2 Å². The Bertz CT molecular complexity index is 1290. The van der Waals surface area contributed by atoms with Crippen LogP contribution in [0.4, 0.5) is 11.4 Å². The zero-order valence-electron chi connectivity index (χ0n) is 19.3. The molecule has 4 rings (SSSR count). The van der Waals surface area contributed by atoms with E-state index < -0.39 is 4.92 Å². The van der Waals surface area contributed by atoms with Crippen molar-refractivity contribution >= 4 is 40.3 Å². The molecule has 1 fully saturated rings. The monoisotopic (exact) mass is 475 g/mol. The van der Waals surface area contributed by atoms with E-state index >= 15 is 0 Å². The van der Waals surface area contributed by atoms with Crippen molar-refractivity contribution in [3.63, 3.8) is 0 Å². The fraction of sp³-hybridized carbons (Fsp3) is 0.231. The van der Waals surface area contributed by atoms with Crippen LogP contribution in [0.2, 0.25) is 0 Å². The standard InChI is InChI=1S/C26H25N3O4S/c1-4-5-15-28-25(30)24(34-26(28)27-19-11-9-17(2)10-12-19)16-20-13-14-23(33-20)21-7-6-8-22(18(21)3)29(31)32/h6-14,16H,4-5,15H2,1-3H3/b24-16+,27-26?. The number of carbonyl (C=O) groups excluding carboxylic acids is 1. The number of hydrogen-bond acceptors (Lipinski definition) is 6. The molecule has 0 N–H and O–H groups in total. The van der Waals surface area contributed by atoms with Crippen molar-refractivity contribution in [2.24, 2.45) is 4.99 Å². The number of rotatable bonds is 7. The summed E-state index contributed by atoms with van der Waals surface area (Å²) in [5.74, 6) is 0.914. The molecule has 0 saturated carbocycles. The van der Waals surface area contributed by atoms with Gasteiger partial charge in [-0.05, 0) is 56.3 Å². The van der Waals surface area contributed by atoms with Crippen LogP contribution in [0.25, 0.3) is 17.4 Å². The molecule has 8 heteroatoms. The number of thioether (sulfide) groups is 1. The van der Waals surface area contributed by atoms with Crippen LogP contribution in [0.15, 0.2) is 68.9 Å². The Kier molecular flexibility index (Phi) is 6.98. The van der Waals surface area contributed by atoms with Gasteiger partial charge in [0.15, 0.2) is 5.17 Å². The van der Waals surface area contributed by atoms with Gasteiger partial charge in [0.05, 0.1) is 15.5 Å². The molecule has 1 aliphatic heterocycles. The average Bonchev–Trinajstić information content (AvgIpc) is 3.39. The first-order valence-electron chi connectivity index (χ1n) is 11.1. The van der Waals surface area contributed by atoms with E-state index in [1.54, 1.807) is 42.2 Å². The Labute approximate surface area is 202 Å². The summed E-state index contributed by atoms with van der Waals surface area (Å²) < 4.78 is 5.96. The molecule has 1 amide bonds. The molecule has 0 bridgehead atoms. The molecule has 0 radical (unpaired) electrons. The topological polar surface area (TPSA) is 89.0 Å². The van der Waals surface area contributed by atoms with Crippen LogP contribution in [-0.4, -0.2) is 27.4 Å². The third-order valence-corrected chi connectivity index (χ3v) is 6.56. The zero-order chi connectivity index (χ0) is 24.2.